The van der Waals surface area contributed by atoms with E-state index < -0.39 is 35.1 Å². The van der Waals surface area contributed by atoms with Crippen LogP contribution in [0.5, 0.6) is 0 Å². The summed E-state index contributed by atoms with van der Waals surface area (Å²) in [6, 6.07) is 7.78. The van der Waals surface area contributed by atoms with E-state index in [1.807, 2.05) is 58.0 Å². The lowest BCUT2D eigenvalue weighted by Crippen LogP contribution is -2.58. The molecule has 204 valence electrons. The molecule has 3 N–H and O–H groups in total. The fraction of sp³-hybridized carbons (Fsp3) is 0.690. The van der Waals surface area contributed by atoms with Crippen LogP contribution in [0.1, 0.15) is 66.7 Å². The van der Waals surface area contributed by atoms with Crippen molar-refractivity contribution < 1.29 is 24.2 Å². The molecule has 4 rings (SSSR count). The Morgan fingerprint density at radius 3 is 2.51 bits per heavy atom. The Kier molecular flexibility index (Phi) is 8.00. The van der Waals surface area contributed by atoms with Gasteiger partial charge >= 0.3 is 0 Å². The van der Waals surface area contributed by atoms with Gasteiger partial charge in [-0.1, -0.05) is 58.7 Å². The molecule has 2 bridgehead atoms. The lowest BCUT2D eigenvalue weighted by atomic mass is 9.62. The minimum Gasteiger partial charge on any atom is -0.394 e. The van der Waals surface area contributed by atoms with Crippen molar-refractivity contribution in [1.29, 1.82) is 0 Å². The van der Waals surface area contributed by atoms with Crippen LogP contribution in [0.25, 0.3) is 0 Å². The summed E-state index contributed by atoms with van der Waals surface area (Å²) in [5, 5.41) is 16.4. The minimum atomic E-state index is -1.11. The highest BCUT2D eigenvalue weighted by Gasteiger charge is 2.80. The van der Waals surface area contributed by atoms with Crippen LogP contribution in [-0.2, 0) is 19.1 Å². The number of carbonyl (C=O) groups is 3. The third-order valence-corrected chi connectivity index (χ3v) is 8.75. The molecule has 1 aromatic carbocycles. The molecule has 3 aliphatic rings. The molecule has 0 aromatic heterocycles. The number of amides is 3. The Balaban J connectivity index is 1.73. The Bertz CT molecular complexity index is 1000. The molecule has 1 spiro atoms. The summed E-state index contributed by atoms with van der Waals surface area (Å²) in [5.74, 6) is -2.15. The van der Waals surface area contributed by atoms with Crippen LogP contribution < -0.4 is 10.6 Å². The number of para-hydroxylation sites is 1. The molecular formula is C29H43N3O5. The van der Waals surface area contributed by atoms with Crippen molar-refractivity contribution in [3.05, 3.63) is 30.3 Å². The molecule has 8 nitrogen and oxygen atoms in total. The Labute approximate surface area is 220 Å². The van der Waals surface area contributed by atoms with E-state index in [2.05, 4.69) is 17.6 Å². The average molecular weight is 514 g/mol. The number of ether oxygens (including phenoxy) is 1. The number of aliphatic hydroxyl groups excluding tert-OH is 1. The van der Waals surface area contributed by atoms with Gasteiger partial charge in [0, 0.05) is 12.2 Å². The van der Waals surface area contributed by atoms with E-state index in [1.54, 1.807) is 4.90 Å². The van der Waals surface area contributed by atoms with Crippen molar-refractivity contribution in [3.8, 4) is 0 Å². The van der Waals surface area contributed by atoms with E-state index in [1.165, 1.54) is 0 Å². The molecule has 3 fully saturated rings. The number of hydrogen-bond donors (Lipinski definition) is 3. The Morgan fingerprint density at radius 2 is 1.89 bits per heavy atom. The summed E-state index contributed by atoms with van der Waals surface area (Å²) in [7, 11) is 0. The molecule has 0 radical (unpaired) electrons. The summed E-state index contributed by atoms with van der Waals surface area (Å²) < 4.78 is 6.75. The van der Waals surface area contributed by atoms with Crippen LogP contribution in [0.3, 0.4) is 0 Å². The summed E-state index contributed by atoms with van der Waals surface area (Å²) in [5.41, 5.74) is -1.33. The number of nitrogens with one attached hydrogen (secondary N) is 2. The van der Waals surface area contributed by atoms with E-state index in [0.717, 1.165) is 19.3 Å². The van der Waals surface area contributed by atoms with Gasteiger partial charge in [0.05, 0.1) is 30.1 Å². The molecule has 8 heteroatoms. The molecule has 1 aromatic rings. The summed E-state index contributed by atoms with van der Waals surface area (Å²) >= 11 is 0. The molecule has 0 saturated carbocycles. The van der Waals surface area contributed by atoms with Gasteiger partial charge in [0.1, 0.15) is 11.6 Å². The Hall–Kier alpha value is -2.45. The topological polar surface area (TPSA) is 108 Å². The fourth-order valence-corrected chi connectivity index (χ4v) is 7.01. The molecule has 3 heterocycles. The number of anilines is 1. The van der Waals surface area contributed by atoms with E-state index >= 15 is 0 Å². The number of hydrogen-bond acceptors (Lipinski definition) is 5. The third-order valence-electron chi connectivity index (χ3n) is 8.75. The fourth-order valence-electron chi connectivity index (χ4n) is 7.01. The van der Waals surface area contributed by atoms with Crippen LogP contribution in [0.15, 0.2) is 30.3 Å². The van der Waals surface area contributed by atoms with E-state index in [0.29, 0.717) is 25.1 Å². The quantitative estimate of drug-likeness (QED) is 0.394. The zero-order valence-electron chi connectivity index (χ0n) is 22.8. The van der Waals surface area contributed by atoms with Crippen LogP contribution in [0.4, 0.5) is 5.69 Å². The maximum absolute atomic E-state index is 14.2. The first-order valence-corrected chi connectivity index (χ1v) is 13.9. The number of likely N-dealkylation sites (tertiary alicyclic amines) is 1. The molecule has 3 saturated heterocycles. The molecule has 3 amide bonds. The number of unbranched alkanes of at least 4 members (excludes halogenated alkanes) is 2. The molecule has 0 aliphatic carbocycles. The first-order valence-electron chi connectivity index (χ1n) is 13.9. The number of fused-ring (bicyclic) bond motifs is 1. The smallest absolute Gasteiger partial charge is 0.245 e. The van der Waals surface area contributed by atoms with Crippen LogP contribution in [-0.4, -0.2) is 64.2 Å². The monoisotopic (exact) mass is 513 g/mol. The van der Waals surface area contributed by atoms with Gasteiger partial charge in [0.2, 0.25) is 17.7 Å². The third kappa shape index (κ3) is 4.67. The summed E-state index contributed by atoms with van der Waals surface area (Å²) in [6.07, 6.45) is 3.96. The number of nitrogens with zero attached hydrogens (tertiary/aromatic N) is 1. The highest BCUT2D eigenvalue weighted by Crippen LogP contribution is 2.65. The summed E-state index contributed by atoms with van der Waals surface area (Å²) in [4.78, 5) is 43.4. The number of aliphatic hydroxyl groups is 1. The normalized spacial score (nSPS) is 33.1. The predicted octanol–water partition coefficient (Wildman–Crippen LogP) is 3.35. The van der Waals surface area contributed by atoms with Crippen molar-refractivity contribution in [2.75, 3.05) is 18.5 Å². The lowest BCUT2D eigenvalue weighted by Gasteiger charge is -2.37. The zero-order valence-corrected chi connectivity index (χ0v) is 22.8. The lowest BCUT2D eigenvalue weighted by molar-refractivity contribution is -0.150. The van der Waals surface area contributed by atoms with Gasteiger partial charge in [-0.2, -0.15) is 0 Å². The maximum Gasteiger partial charge on any atom is 0.245 e. The van der Waals surface area contributed by atoms with Crippen molar-refractivity contribution in [1.82, 2.24) is 10.2 Å². The first-order chi connectivity index (χ1) is 17.6. The van der Waals surface area contributed by atoms with Gasteiger partial charge in [-0.05, 0) is 50.2 Å². The van der Waals surface area contributed by atoms with Crippen LogP contribution >= 0.6 is 0 Å². The van der Waals surface area contributed by atoms with Gasteiger partial charge in [0.25, 0.3) is 0 Å². The molecular weight excluding hydrogens is 470 g/mol. The molecule has 37 heavy (non-hydrogen) atoms. The second-order valence-electron chi connectivity index (χ2n) is 11.8. The summed E-state index contributed by atoms with van der Waals surface area (Å²) in [6.45, 7) is 10.4. The molecule has 3 unspecified atom stereocenters. The van der Waals surface area contributed by atoms with Gasteiger partial charge in [-0.3, -0.25) is 14.4 Å². The number of rotatable bonds is 11. The van der Waals surface area contributed by atoms with Crippen molar-refractivity contribution >= 4 is 23.4 Å². The van der Waals surface area contributed by atoms with Gasteiger partial charge in [-0.15, -0.1) is 0 Å². The second-order valence-corrected chi connectivity index (χ2v) is 11.8. The highest BCUT2D eigenvalue weighted by molar-refractivity contribution is 6.02. The second kappa shape index (κ2) is 10.7. The van der Waals surface area contributed by atoms with Gasteiger partial charge < -0.3 is 25.4 Å². The number of benzene rings is 1. The van der Waals surface area contributed by atoms with E-state index in [-0.39, 0.29) is 36.2 Å². The van der Waals surface area contributed by atoms with Crippen molar-refractivity contribution in [2.45, 2.75) is 90.0 Å². The maximum atomic E-state index is 14.2. The Morgan fingerprint density at radius 1 is 1.19 bits per heavy atom. The van der Waals surface area contributed by atoms with Crippen LogP contribution in [0.2, 0.25) is 0 Å². The van der Waals surface area contributed by atoms with E-state index in [9.17, 15) is 19.5 Å². The SMILES string of the molecule is CCCCCNC(=O)C1N([C@@H](CO)CC(C)C)C(=O)[C@@H]2[C@H](C(=O)Nc3ccccc3)[C@@]3(C)OC12CC3C. The van der Waals surface area contributed by atoms with Crippen molar-refractivity contribution in [2.24, 2.45) is 23.7 Å². The largest absolute Gasteiger partial charge is 0.394 e. The standard InChI is InChI=1S/C29H43N3O5/c1-6-7-11-14-30-26(35)24-29-16-19(4)28(5,37-29)22(25(34)31-20-12-9-8-10-13-20)23(29)27(36)32(24)21(17-33)15-18(2)3/h8-10,12-13,18-19,21-24,33H,6-7,11,14-17H2,1-5H3,(H,30,35)(H,31,34)/t19?,21-,22-,23+,24?,28+,29?/m1/s1. The van der Waals surface area contributed by atoms with Gasteiger partial charge in [0.15, 0.2) is 0 Å². The first kappa shape index (κ1) is 27.6. The predicted molar refractivity (Wildman–Crippen MR) is 142 cm³/mol. The minimum absolute atomic E-state index is 0.0314. The zero-order chi connectivity index (χ0) is 27.0. The van der Waals surface area contributed by atoms with Crippen LogP contribution in [0, 0.1) is 23.7 Å². The van der Waals surface area contributed by atoms with E-state index in [4.69, 9.17) is 4.74 Å². The highest BCUT2D eigenvalue weighted by atomic mass is 16.5. The molecule has 3 aliphatic heterocycles. The van der Waals surface area contributed by atoms with Crippen molar-refractivity contribution in [3.63, 3.8) is 0 Å². The number of carbonyl (C=O) groups excluding carboxylic acids is 3. The average Bonchev–Trinajstić information content (AvgIpc) is 3.37. The van der Waals surface area contributed by atoms with Gasteiger partial charge in [-0.25, -0.2) is 0 Å². The molecule has 7 atom stereocenters.